The van der Waals surface area contributed by atoms with Crippen molar-refractivity contribution in [2.24, 2.45) is 0 Å². The topological polar surface area (TPSA) is 133 Å². The zero-order valence-corrected chi connectivity index (χ0v) is 33.1. The first-order chi connectivity index (χ1) is 40.2. The molecule has 0 amide bonds. The molecule has 6 aromatic rings. The molecule has 12 heteroatoms. The summed E-state index contributed by atoms with van der Waals surface area (Å²) < 4.78 is 263. The van der Waals surface area contributed by atoms with Crippen LogP contribution in [0.4, 0.5) is 0 Å². The molecule has 0 aromatic heterocycles. The fourth-order valence-corrected chi connectivity index (χ4v) is 8.35. The maximum atomic E-state index is 11.7. The van der Waals surface area contributed by atoms with Crippen molar-refractivity contribution >= 4 is 0 Å². The van der Waals surface area contributed by atoms with Crippen molar-refractivity contribution in [3.8, 4) is 69.0 Å². The summed E-state index contributed by atoms with van der Waals surface area (Å²) in [6.07, 6.45) is -2.46. The minimum Gasteiger partial charge on any atom is -0.504 e. The van der Waals surface area contributed by atoms with Crippen molar-refractivity contribution in [1.82, 2.24) is 0 Å². The number of ether oxygens (including phenoxy) is 10. The second-order valence-corrected chi connectivity index (χ2v) is 15.1. The molecule has 12 aliphatic heterocycles. The number of phenols is 2. The number of benzene rings is 6. The molecular weight excluding hydrogens is 817 g/mol. The predicted octanol–water partition coefficient (Wildman–Crippen LogP) is 8.30. The van der Waals surface area contributed by atoms with Gasteiger partial charge in [-0.15, -0.1) is 0 Å². The van der Waals surface area contributed by atoms with Crippen LogP contribution in [0, 0.1) is 0 Å². The van der Waals surface area contributed by atoms with Crippen LogP contribution in [0.15, 0.2) is 72.8 Å². The van der Waals surface area contributed by atoms with Gasteiger partial charge in [-0.2, -0.15) is 0 Å². The highest BCUT2D eigenvalue weighted by molar-refractivity contribution is 5.60. The first-order valence-corrected chi connectivity index (χ1v) is 19.5. The van der Waals surface area contributed by atoms with E-state index < -0.39 is 162 Å². The molecule has 2 aliphatic carbocycles. The minimum atomic E-state index is -3.77. The molecule has 2 N–H and O–H groups in total. The van der Waals surface area contributed by atoms with Gasteiger partial charge in [-0.1, -0.05) is 0 Å². The van der Waals surface area contributed by atoms with Gasteiger partial charge in [0.15, 0.2) is 69.0 Å². The summed E-state index contributed by atoms with van der Waals surface area (Å²) in [5.74, 6) is -9.42. The van der Waals surface area contributed by atoms with E-state index in [9.17, 15) is 21.2 Å². The Morgan fingerprint density at radius 2 is 0.531 bits per heavy atom. The molecule has 0 radical (unpaired) electrons. The Morgan fingerprint density at radius 1 is 0.328 bits per heavy atom. The van der Waals surface area contributed by atoms with Gasteiger partial charge in [0, 0.05) is 0 Å². The molecule has 18 bridgehead atoms. The summed E-state index contributed by atoms with van der Waals surface area (Å²) >= 11 is 0. The lowest BCUT2D eigenvalue weighted by molar-refractivity contribution is 0.205. The summed E-state index contributed by atoms with van der Waals surface area (Å²) in [6.45, 7) is -22.3. The van der Waals surface area contributed by atoms with E-state index in [0.717, 1.165) is 72.8 Å². The first-order valence-electron chi connectivity index (χ1n) is 31.5. The average Bonchev–Trinajstić information content (AvgIpc) is 2.98. The molecule has 0 saturated heterocycles. The summed E-state index contributed by atoms with van der Waals surface area (Å²) in [7, 11) is -13.4. The van der Waals surface area contributed by atoms with E-state index in [2.05, 4.69) is 0 Å². The quantitative estimate of drug-likeness (QED) is 0.176. The third kappa shape index (κ3) is 7.93. The number of hydrogen-bond donors (Lipinski definition) is 2. The molecule has 6 aromatic carbocycles. The Balaban J connectivity index is 1.36. The molecule has 12 heterocycles. The van der Waals surface area contributed by atoms with Gasteiger partial charge in [-0.3, -0.25) is 0 Å². The highest BCUT2D eigenvalue weighted by Gasteiger charge is 2.25. The molecule has 64 heavy (non-hydrogen) atoms. The normalized spacial score (nSPS) is 26.1. The molecule has 0 fully saturated rings. The van der Waals surface area contributed by atoms with Gasteiger partial charge in [-0.25, -0.2) is 0 Å². The van der Waals surface area contributed by atoms with Crippen molar-refractivity contribution in [3.63, 3.8) is 0 Å². The van der Waals surface area contributed by atoms with E-state index in [1.807, 2.05) is 0 Å². The third-order valence-electron chi connectivity index (χ3n) is 11.4. The largest absolute Gasteiger partial charge is 0.504 e. The van der Waals surface area contributed by atoms with Gasteiger partial charge in [0.25, 0.3) is 0 Å². The number of phenolic OH excluding ortho intramolecular Hbond substituents is 2. The van der Waals surface area contributed by atoms with Crippen LogP contribution in [-0.4, -0.2) is 77.7 Å². The molecule has 0 saturated carbocycles. The minimum absolute atomic E-state index is 0.0173. The summed E-state index contributed by atoms with van der Waals surface area (Å²) in [6, 6.07) is 12.8. The third-order valence-corrected chi connectivity index (χ3v) is 11.4. The highest BCUT2D eigenvalue weighted by Crippen LogP contribution is 2.43. The molecule has 20 rings (SSSR count). The smallest absolute Gasteiger partial charge is 0.161 e. The van der Waals surface area contributed by atoms with E-state index in [-0.39, 0.29) is 79.6 Å². The molecule has 14 aliphatic rings. The van der Waals surface area contributed by atoms with E-state index in [4.69, 9.17) is 69.3 Å². The van der Waals surface area contributed by atoms with Crippen LogP contribution < -0.4 is 47.4 Å². The number of aromatic hydroxyl groups is 2. The lowest BCUT2D eigenvalue weighted by Gasteiger charge is -2.20. The standard InChI is InChI=1S/C52H50O12/c1-55-45-21-33-13-31-19-43-41(53)17-29(31)11-37-25-49-47(57-3)23-35(37)15-39(33)27-51(45)63-9-10-64-52-28-40-16-36-24-48(58-4)50(62-8-7-61-49)26-38(36)12-30-18-42(54)44(60-6-5-59-43)20-32(30)14-34(40)22-46(52)56-2/h17-28,53-54H,5-16H2,1-4H3/i1D3,2D3,3D3,4D3,5D2,6D2,7D2,8D2,9D2,10D2. The van der Waals surface area contributed by atoms with Crippen molar-refractivity contribution < 1.29 is 90.5 Å². The molecular formula is C52H50O12. The van der Waals surface area contributed by atoms with Crippen LogP contribution in [0.25, 0.3) is 0 Å². The molecule has 0 unspecified atom stereocenters. The van der Waals surface area contributed by atoms with Crippen LogP contribution in [0.2, 0.25) is 0 Å². The second-order valence-electron chi connectivity index (χ2n) is 15.1. The summed E-state index contributed by atoms with van der Waals surface area (Å²) in [5.41, 5.74) is 0.650. The SMILES string of the molecule is [2H]C([2H])([2H])Oc1cc2c3cc1OC([2H])([2H])C([2H])([2H])Oc1cc4c(cc1OC([2H])([2H])[2H])Cc1cc5c(OC([2H])([2H])[2H])cc1Cc1cc(c(O)cc1C4)OC([2H])([2H])C([2H])([2H])Oc1cc(c(cc1O)C3)Cc1cc(OC([2H])([2H])[2H])c(cc1C2)OC([2H])([2H])C([2H])([2H])O5. The average molecular weight is 891 g/mol. The molecule has 0 atom stereocenters. The van der Waals surface area contributed by atoms with Crippen LogP contribution in [0.1, 0.15) is 99.7 Å². The monoisotopic (exact) mass is 890 g/mol. The Morgan fingerprint density at radius 3 is 0.781 bits per heavy atom. The number of hydrogen-bond acceptors (Lipinski definition) is 12. The van der Waals surface area contributed by atoms with E-state index >= 15 is 0 Å². The second kappa shape index (κ2) is 17.2. The Kier molecular flexibility index (Phi) is 5.93. The van der Waals surface area contributed by atoms with Crippen LogP contribution in [0.5, 0.6) is 69.0 Å². The molecule has 0 spiro atoms. The van der Waals surface area contributed by atoms with E-state index in [1.54, 1.807) is 0 Å². The van der Waals surface area contributed by atoms with Crippen molar-refractivity contribution in [3.05, 3.63) is 140 Å². The maximum absolute atomic E-state index is 11.7. The van der Waals surface area contributed by atoms with Crippen molar-refractivity contribution in [1.29, 1.82) is 0 Å². The summed E-state index contributed by atoms with van der Waals surface area (Å²) in [4.78, 5) is 0. The lowest BCUT2D eigenvalue weighted by Crippen LogP contribution is -2.12. The Hall–Kier alpha value is -7.08. The van der Waals surface area contributed by atoms with Gasteiger partial charge in [-0.05, 0) is 178 Å². The fourth-order valence-electron chi connectivity index (χ4n) is 8.35. The maximum Gasteiger partial charge on any atom is 0.161 e. The van der Waals surface area contributed by atoms with Crippen LogP contribution in [-0.2, 0) is 38.5 Å². The highest BCUT2D eigenvalue weighted by atomic mass is 16.6. The van der Waals surface area contributed by atoms with Gasteiger partial charge >= 0.3 is 0 Å². The van der Waals surface area contributed by atoms with Gasteiger partial charge in [0.2, 0.25) is 0 Å². The number of rotatable bonds is 4. The van der Waals surface area contributed by atoms with Crippen LogP contribution >= 0.6 is 0 Å². The van der Waals surface area contributed by atoms with Crippen molar-refractivity contribution in [2.75, 3.05) is 67.5 Å². The zero-order chi connectivity index (χ0) is 64.7. The van der Waals surface area contributed by atoms with Crippen molar-refractivity contribution in [2.45, 2.75) is 38.5 Å². The van der Waals surface area contributed by atoms with Gasteiger partial charge in [0.05, 0.1) is 61.1 Å². The van der Waals surface area contributed by atoms with E-state index in [1.165, 1.54) is 0 Å². The predicted molar refractivity (Wildman–Crippen MR) is 238 cm³/mol. The molecule has 12 nitrogen and oxygen atoms in total. The van der Waals surface area contributed by atoms with Gasteiger partial charge in [0.1, 0.15) is 39.4 Å². The zero-order valence-electron chi connectivity index (χ0n) is 57.1. The van der Waals surface area contributed by atoms with Crippen LogP contribution in [0.3, 0.4) is 0 Å². The van der Waals surface area contributed by atoms with Gasteiger partial charge < -0.3 is 57.6 Å². The Bertz CT molecular complexity index is 3510. The fraction of sp³-hybridized carbons (Fsp3) is 0.308. The summed E-state index contributed by atoms with van der Waals surface area (Å²) in [5, 5.41) is 23.5. The molecule has 330 valence electrons. The lowest BCUT2D eigenvalue weighted by atomic mass is 9.94. The van der Waals surface area contributed by atoms with E-state index in [0.29, 0.717) is 0 Å². The Labute approximate surface area is 405 Å². The number of methoxy groups -OCH3 is 4. The first kappa shape index (κ1) is 22.0.